The molecule has 2 aromatic heterocycles. The minimum Gasteiger partial charge on any atom is -0.352 e. The summed E-state index contributed by atoms with van der Waals surface area (Å²) in [5.74, 6) is -1.51. The van der Waals surface area contributed by atoms with Crippen molar-refractivity contribution in [3.63, 3.8) is 0 Å². The summed E-state index contributed by atoms with van der Waals surface area (Å²) in [6, 6.07) is 14.7. The van der Waals surface area contributed by atoms with Gasteiger partial charge in [-0.15, -0.1) is 0 Å². The van der Waals surface area contributed by atoms with E-state index in [0.29, 0.717) is 29.0 Å². The van der Waals surface area contributed by atoms with Crippen LogP contribution in [0.15, 0.2) is 65.5 Å². The lowest BCUT2D eigenvalue weighted by Crippen LogP contribution is -2.27. The van der Waals surface area contributed by atoms with Crippen LogP contribution in [0.2, 0.25) is 0 Å². The maximum Gasteiger partial charge on any atom is 0.272 e. The summed E-state index contributed by atoms with van der Waals surface area (Å²) in [5.41, 5.74) is 1.64. The van der Waals surface area contributed by atoms with Gasteiger partial charge in [-0.2, -0.15) is 0 Å². The van der Waals surface area contributed by atoms with Crippen LogP contribution in [-0.4, -0.2) is 27.0 Å². The number of benzene rings is 2. The van der Waals surface area contributed by atoms with Crippen molar-refractivity contribution in [3.05, 3.63) is 93.9 Å². The Balaban J connectivity index is 1.51. The Morgan fingerprint density at radius 3 is 2.69 bits per heavy atom. The van der Waals surface area contributed by atoms with E-state index < -0.39 is 11.7 Å². The fourth-order valence-corrected chi connectivity index (χ4v) is 3.02. The van der Waals surface area contributed by atoms with Crippen LogP contribution < -0.4 is 10.9 Å². The zero-order valence-electron chi connectivity index (χ0n) is 15.2. The first kappa shape index (κ1) is 18.5. The van der Waals surface area contributed by atoms with Crippen molar-refractivity contribution in [2.24, 2.45) is 0 Å². The number of fused-ring (bicyclic) bond motifs is 1. The monoisotopic (exact) mass is 394 g/mol. The van der Waals surface area contributed by atoms with Crippen molar-refractivity contribution in [2.45, 2.75) is 6.42 Å². The number of aromatic amines is 1. The Labute approximate surface area is 163 Å². The molecule has 0 aliphatic heterocycles. The number of halogens is 2. The molecule has 8 heteroatoms. The van der Waals surface area contributed by atoms with Gasteiger partial charge in [-0.05, 0) is 24.3 Å². The number of H-pyrrole nitrogens is 1. The van der Waals surface area contributed by atoms with Gasteiger partial charge in [-0.1, -0.05) is 24.3 Å². The van der Waals surface area contributed by atoms with Crippen molar-refractivity contribution in [2.75, 3.05) is 6.54 Å². The minimum absolute atomic E-state index is 0.0404. The SMILES string of the molecule is O=C(NCCc1cc(=O)n2[nH]c(-c3cccc(F)c3)cc2n1)c1ccccc1F. The van der Waals surface area contributed by atoms with E-state index in [1.807, 2.05) is 0 Å². The number of carbonyl (C=O) groups excluding carboxylic acids is 1. The molecule has 0 aliphatic rings. The Morgan fingerprint density at radius 2 is 1.90 bits per heavy atom. The number of nitrogens with one attached hydrogen (secondary N) is 2. The first-order valence-electron chi connectivity index (χ1n) is 8.91. The van der Waals surface area contributed by atoms with E-state index in [-0.39, 0.29) is 23.5 Å². The van der Waals surface area contributed by atoms with E-state index in [1.165, 1.54) is 40.9 Å². The summed E-state index contributed by atoms with van der Waals surface area (Å²) in [5, 5.41) is 5.52. The van der Waals surface area contributed by atoms with Crippen molar-refractivity contribution in [3.8, 4) is 11.3 Å². The van der Waals surface area contributed by atoms with Crippen LogP contribution in [-0.2, 0) is 6.42 Å². The molecule has 0 atom stereocenters. The van der Waals surface area contributed by atoms with E-state index in [9.17, 15) is 18.4 Å². The van der Waals surface area contributed by atoms with Crippen LogP contribution in [0.1, 0.15) is 16.1 Å². The molecule has 0 fully saturated rings. The third-order valence-corrected chi connectivity index (χ3v) is 4.42. The highest BCUT2D eigenvalue weighted by Gasteiger charge is 2.11. The average molecular weight is 394 g/mol. The highest BCUT2D eigenvalue weighted by Crippen LogP contribution is 2.19. The molecule has 0 aliphatic carbocycles. The third-order valence-electron chi connectivity index (χ3n) is 4.42. The molecule has 0 saturated carbocycles. The summed E-state index contributed by atoms with van der Waals surface area (Å²) in [6.45, 7) is 0.191. The standard InChI is InChI=1S/C21H16F2N4O2/c22-14-5-3-4-13(10-14)18-12-19-25-15(11-20(28)27(19)26-18)8-9-24-21(29)16-6-1-2-7-17(16)23/h1-7,10-12,26H,8-9H2,(H,24,29). The van der Waals surface area contributed by atoms with Gasteiger partial charge in [0.2, 0.25) is 0 Å². The molecular formula is C21H16F2N4O2. The molecule has 0 radical (unpaired) electrons. The lowest BCUT2D eigenvalue weighted by atomic mass is 10.1. The molecule has 2 N–H and O–H groups in total. The quantitative estimate of drug-likeness (QED) is 0.546. The molecule has 146 valence electrons. The number of nitrogens with zero attached hydrogens (tertiary/aromatic N) is 2. The Hall–Kier alpha value is -3.81. The number of aromatic nitrogens is 3. The van der Waals surface area contributed by atoms with Crippen LogP contribution in [0.25, 0.3) is 16.9 Å². The van der Waals surface area contributed by atoms with Gasteiger partial charge in [-0.25, -0.2) is 18.3 Å². The molecule has 4 rings (SSSR count). The highest BCUT2D eigenvalue weighted by molar-refractivity contribution is 5.94. The number of hydrogen-bond acceptors (Lipinski definition) is 3. The first-order valence-corrected chi connectivity index (χ1v) is 8.91. The molecule has 29 heavy (non-hydrogen) atoms. The highest BCUT2D eigenvalue weighted by atomic mass is 19.1. The molecule has 0 saturated heterocycles. The lowest BCUT2D eigenvalue weighted by molar-refractivity contribution is 0.0950. The smallest absolute Gasteiger partial charge is 0.272 e. The molecule has 0 spiro atoms. The van der Waals surface area contributed by atoms with E-state index >= 15 is 0 Å². The molecule has 0 bridgehead atoms. The van der Waals surface area contributed by atoms with E-state index in [0.717, 1.165) is 0 Å². The maximum atomic E-state index is 13.6. The summed E-state index contributed by atoms with van der Waals surface area (Å²) in [4.78, 5) is 28.8. The van der Waals surface area contributed by atoms with Gasteiger partial charge in [0.15, 0.2) is 5.65 Å². The van der Waals surface area contributed by atoms with E-state index in [2.05, 4.69) is 15.4 Å². The zero-order chi connectivity index (χ0) is 20.4. The van der Waals surface area contributed by atoms with Crippen molar-refractivity contribution in [1.82, 2.24) is 19.9 Å². The van der Waals surface area contributed by atoms with Crippen molar-refractivity contribution < 1.29 is 13.6 Å². The topological polar surface area (TPSA) is 79.3 Å². The Morgan fingerprint density at radius 1 is 1.07 bits per heavy atom. The average Bonchev–Trinajstić information content (AvgIpc) is 3.13. The van der Waals surface area contributed by atoms with Crippen LogP contribution in [0.4, 0.5) is 8.78 Å². The number of amides is 1. The minimum atomic E-state index is -0.597. The van der Waals surface area contributed by atoms with Gasteiger partial charge in [0, 0.05) is 30.7 Å². The zero-order valence-corrected chi connectivity index (χ0v) is 15.2. The maximum absolute atomic E-state index is 13.6. The van der Waals surface area contributed by atoms with Gasteiger partial charge in [0.1, 0.15) is 11.6 Å². The fraction of sp³-hybridized carbons (Fsp3) is 0.0952. The van der Waals surface area contributed by atoms with E-state index in [1.54, 1.807) is 24.3 Å². The largest absolute Gasteiger partial charge is 0.352 e. The second-order valence-corrected chi connectivity index (χ2v) is 6.45. The van der Waals surface area contributed by atoms with Crippen LogP contribution in [0.3, 0.4) is 0 Å². The molecule has 4 aromatic rings. The molecule has 6 nitrogen and oxygen atoms in total. The molecule has 0 unspecified atom stereocenters. The molecular weight excluding hydrogens is 378 g/mol. The third kappa shape index (κ3) is 3.91. The molecule has 2 aromatic carbocycles. The fourth-order valence-electron chi connectivity index (χ4n) is 3.02. The number of carbonyl (C=O) groups is 1. The summed E-state index contributed by atoms with van der Waals surface area (Å²) in [6.07, 6.45) is 0.298. The van der Waals surface area contributed by atoms with Crippen LogP contribution in [0.5, 0.6) is 0 Å². The second-order valence-electron chi connectivity index (χ2n) is 6.45. The number of hydrogen-bond donors (Lipinski definition) is 2. The normalized spacial score (nSPS) is 11.0. The summed E-state index contributed by atoms with van der Waals surface area (Å²) in [7, 11) is 0. The van der Waals surface area contributed by atoms with Crippen molar-refractivity contribution >= 4 is 11.6 Å². The first-order chi connectivity index (χ1) is 14.0. The molecule has 2 heterocycles. The van der Waals surface area contributed by atoms with Gasteiger partial charge >= 0.3 is 0 Å². The lowest BCUT2D eigenvalue weighted by Gasteiger charge is -2.06. The Kier molecular flexibility index (Phi) is 4.90. The van der Waals surface area contributed by atoms with Gasteiger partial charge in [-0.3, -0.25) is 14.7 Å². The Bertz CT molecular complexity index is 1260. The van der Waals surface area contributed by atoms with Crippen molar-refractivity contribution in [1.29, 1.82) is 0 Å². The van der Waals surface area contributed by atoms with Gasteiger partial charge in [0.25, 0.3) is 11.5 Å². The van der Waals surface area contributed by atoms with Gasteiger partial charge in [0.05, 0.1) is 17.0 Å². The summed E-state index contributed by atoms with van der Waals surface area (Å²) >= 11 is 0. The predicted molar refractivity (Wildman–Crippen MR) is 104 cm³/mol. The second kappa shape index (κ2) is 7.67. The van der Waals surface area contributed by atoms with E-state index in [4.69, 9.17) is 0 Å². The summed E-state index contributed by atoms with van der Waals surface area (Å²) < 4.78 is 28.4. The van der Waals surface area contributed by atoms with Gasteiger partial charge < -0.3 is 5.32 Å². The van der Waals surface area contributed by atoms with Crippen LogP contribution >= 0.6 is 0 Å². The number of rotatable bonds is 5. The van der Waals surface area contributed by atoms with Crippen LogP contribution in [0, 0.1) is 11.6 Å². The predicted octanol–water partition coefficient (Wildman–Crippen LogP) is 2.94. The molecule has 1 amide bonds.